The van der Waals surface area contributed by atoms with E-state index in [2.05, 4.69) is 17.1 Å². The largest absolute Gasteiger partial charge is 0.490 e. The van der Waals surface area contributed by atoms with E-state index in [0.717, 1.165) is 33.2 Å². The first-order valence-electron chi connectivity index (χ1n) is 13.7. The minimum Gasteiger partial charge on any atom is -0.490 e. The van der Waals surface area contributed by atoms with Gasteiger partial charge < -0.3 is 9.47 Å². The predicted octanol–water partition coefficient (Wildman–Crippen LogP) is 8.68. The van der Waals surface area contributed by atoms with Crippen LogP contribution in [0.2, 0.25) is 10.0 Å². The number of nitrogens with zero attached hydrogens (tertiary/aromatic N) is 2. The molecule has 1 heterocycles. The van der Waals surface area contributed by atoms with Gasteiger partial charge in [-0.05, 0) is 55.3 Å². The maximum absolute atomic E-state index is 13.4. The molecular formula is C35H29Cl2N3O3. The lowest BCUT2D eigenvalue weighted by Gasteiger charge is -2.17. The summed E-state index contributed by atoms with van der Waals surface area (Å²) >= 11 is 12.4. The van der Waals surface area contributed by atoms with Crippen LogP contribution in [-0.4, -0.2) is 23.7 Å². The maximum atomic E-state index is 13.4. The number of fused-ring (bicyclic) bond motifs is 1. The summed E-state index contributed by atoms with van der Waals surface area (Å²) in [6, 6.07) is 28.1. The molecule has 0 aliphatic heterocycles. The molecule has 8 heteroatoms. The number of aromatic nitrogens is 1. The standard InChI is InChI=1S/C35H29Cl2N3O3/c1-3-10-25-17-23(18-33(42-4-2)34(25)43-22-26-15-16-27(36)19-30(26)37)21-38-40-35(41)29-20-32(24-11-6-5-7-12-24)39-31-14-9-8-13-28(29)31/h3,5-9,11-21H,1,4,10,22H2,2H3,(H,40,41)/b38-21+. The molecule has 4 aromatic carbocycles. The van der Waals surface area contributed by atoms with Gasteiger partial charge >= 0.3 is 0 Å². The van der Waals surface area contributed by atoms with Crippen LogP contribution in [0.4, 0.5) is 0 Å². The van der Waals surface area contributed by atoms with Crippen LogP contribution in [0.15, 0.2) is 109 Å². The lowest BCUT2D eigenvalue weighted by atomic mass is 10.0. The van der Waals surface area contributed by atoms with Gasteiger partial charge in [-0.3, -0.25) is 4.79 Å². The Labute approximate surface area is 260 Å². The van der Waals surface area contributed by atoms with Gasteiger partial charge in [-0.15, -0.1) is 6.58 Å². The van der Waals surface area contributed by atoms with E-state index in [1.165, 1.54) is 0 Å². The molecule has 0 aliphatic carbocycles. The van der Waals surface area contributed by atoms with Gasteiger partial charge in [0.05, 0.1) is 29.6 Å². The number of hydrogen-bond acceptors (Lipinski definition) is 5. The molecule has 0 spiro atoms. The van der Waals surface area contributed by atoms with Crippen molar-refractivity contribution in [1.82, 2.24) is 10.4 Å². The molecule has 1 N–H and O–H groups in total. The molecule has 0 aliphatic rings. The number of para-hydroxylation sites is 1. The van der Waals surface area contributed by atoms with Gasteiger partial charge in [0.1, 0.15) is 6.61 Å². The third kappa shape index (κ3) is 7.23. The summed E-state index contributed by atoms with van der Waals surface area (Å²) in [7, 11) is 0. The molecule has 5 aromatic rings. The molecule has 1 amide bonds. The van der Waals surface area contributed by atoms with Gasteiger partial charge in [0, 0.05) is 32.1 Å². The second-order valence-electron chi connectivity index (χ2n) is 9.59. The fourth-order valence-corrected chi connectivity index (χ4v) is 5.09. The number of benzene rings is 4. The molecule has 0 saturated heterocycles. The van der Waals surface area contributed by atoms with E-state index >= 15 is 0 Å². The predicted molar refractivity (Wildman–Crippen MR) is 175 cm³/mol. The van der Waals surface area contributed by atoms with Crippen LogP contribution in [0, 0.1) is 0 Å². The molecule has 0 unspecified atom stereocenters. The number of rotatable bonds is 11. The van der Waals surface area contributed by atoms with Gasteiger partial charge in [-0.1, -0.05) is 83.9 Å². The van der Waals surface area contributed by atoms with Crippen LogP contribution in [0.5, 0.6) is 11.5 Å². The first-order valence-corrected chi connectivity index (χ1v) is 14.5. The van der Waals surface area contributed by atoms with E-state index < -0.39 is 0 Å². The Bertz CT molecular complexity index is 1810. The minimum atomic E-state index is -0.344. The van der Waals surface area contributed by atoms with Gasteiger partial charge in [0.25, 0.3) is 5.91 Å². The molecule has 0 radical (unpaired) electrons. The fraction of sp³-hybridized carbons (Fsp3) is 0.114. The fourth-order valence-electron chi connectivity index (χ4n) is 4.63. The van der Waals surface area contributed by atoms with Crippen molar-refractivity contribution < 1.29 is 14.3 Å². The average molecular weight is 611 g/mol. The number of hydrazone groups is 1. The molecule has 6 nitrogen and oxygen atoms in total. The Morgan fingerprint density at radius 3 is 2.51 bits per heavy atom. The summed E-state index contributed by atoms with van der Waals surface area (Å²) in [5, 5.41) is 6.09. The van der Waals surface area contributed by atoms with Crippen molar-refractivity contribution >= 4 is 46.2 Å². The Morgan fingerprint density at radius 2 is 1.74 bits per heavy atom. The molecule has 1 aromatic heterocycles. The van der Waals surface area contributed by atoms with E-state index in [1.54, 1.807) is 30.5 Å². The lowest BCUT2D eigenvalue weighted by molar-refractivity contribution is 0.0956. The zero-order valence-electron chi connectivity index (χ0n) is 23.5. The Morgan fingerprint density at radius 1 is 0.953 bits per heavy atom. The second kappa shape index (κ2) is 14.0. The molecule has 5 rings (SSSR count). The number of hydrogen-bond donors (Lipinski definition) is 1. The molecule has 216 valence electrons. The van der Waals surface area contributed by atoms with Crippen LogP contribution in [0.25, 0.3) is 22.2 Å². The monoisotopic (exact) mass is 609 g/mol. The number of nitrogens with one attached hydrogen (secondary N) is 1. The maximum Gasteiger partial charge on any atom is 0.272 e. The number of pyridine rings is 1. The summed E-state index contributed by atoms with van der Waals surface area (Å²) in [6.07, 6.45) is 3.90. The first kappa shape index (κ1) is 29.8. The average Bonchev–Trinajstić information content (AvgIpc) is 3.01. The van der Waals surface area contributed by atoms with E-state index in [1.807, 2.05) is 79.7 Å². The van der Waals surface area contributed by atoms with Crippen molar-refractivity contribution in [3.8, 4) is 22.8 Å². The molecular weight excluding hydrogens is 581 g/mol. The SMILES string of the molecule is C=CCc1cc(/C=N/NC(=O)c2cc(-c3ccccc3)nc3ccccc23)cc(OCC)c1OCc1ccc(Cl)cc1Cl. The van der Waals surface area contributed by atoms with E-state index in [9.17, 15) is 4.79 Å². The quantitative estimate of drug-likeness (QED) is 0.0923. The topological polar surface area (TPSA) is 72.8 Å². The molecule has 0 fully saturated rings. The number of ether oxygens (including phenoxy) is 2. The number of carbonyl (C=O) groups excluding carboxylic acids is 1. The lowest BCUT2D eigenvalue weighted by Crippen LogP contribution is -2.18. The van der Waals surface area contributed by atoms with Crippen molar-refractivity contribution in [3.63, 3.8) is 0 Å². The number of carbonyl (C=O) groups is 1. The van der Waals surface area contributed by atoms with Crippen molar-refractivity contribution in [2.24, 2.45) is 5.10 Å². The molecule has 0 bridgehead atoms. The number of allylic oxidation sites excluding steroid dienone is 1. The molecule has 0 saturated carbocycles. The first-order chi connectivity index (χ1) is 21.0. The third-order valence-corrected chi connectivity index (χ3v) is 7.20. The summed E-state index contributed by atoms with van der Waals surface area (Å²) in [5.41, 5.74) is 7.89. The van der Waals surface area contributed by atoms with Crippen LogP contribution < -0.4 is 14.9 Å². The van der Waals surface area contributed by atoms with Gasteiger partial charge in [-0.2, -0.15) is 5.10 Å². The van der Waals surface area contributed by atoms with Crippen LogP contribution in [0.3, 0.4) is 0 Å². The van der Waals surface area contributed by atoms with Crippen molar-refractivity contribution in [2.45, 2.75) is 20.0 Å². The van der Waals surface area contributed by atoms with Crippen LogP contribution in [0.1, 0.15) is 34.0 Å². The van der Waals surface area contributed by atoms with E-state index in [4.69, 9.17) is 37.7 Å². The van der Waals surface area contributed by atoms with Crippen LogP contribution >= 0.6 is 23.2 Å². The van der Waals surface area contributed by atoms with Crippen molar-refractivity contribution in [1.29, 1.82) is 0 Å². The number of halogens is 2. The van der Waals surface area contributed by atoms with E-state index in [-0.39, 0.29) is 12.5 Å². The highest BCUT2D eigenvalue weighted by molar-refractivity contribution is 6.35. The Kier molecular flexibility index (Phi) is 9.72. The van der Waals surface area contributed by atoms with E-state index in [0.29, 0.717) is 45.8 Å². The highest BCUT2D eigenvalue weighted by atomic mass is 35.5. The highest BCUT2D eigenvalue weighted by Crippen LogP contribution is 2.35. The Balaban J connectivity index is 1.40. The zero-order valence-corrected chi connectivity index (χ0v) is 25.0. The van der Waals surface area contributed by atoms with Gasteiger partial charge in [-0.25, -0.2) is 10.4 Å². The minimum absolute atomic E-state index is 0.231. The number of amides is 1. The van der Waals surface area contributed by atoms with Crippen molar-refractivity contribution in [2.75, 3.05) is 6.61 Å². The Hall–Kier alpha value is -4.65. The summed E-state index contributed by atoms with van der Waals surface area (Å²) in [4.78, 5) is 18.1. The molecule has 43 heavy (non-hydrogen) atoms. The normalized spacial score (nSPS) is 11.0. The smallest absolute Gasteiger partial charge is 0.272 e. The van der Waals surface area contributed by atoms with Crippen LogP contribution in [-0.2, 0) is 13.0 Å². The summed E-state index contributed by atoms with van der Waals surface area (Å²) in [6.45, 7) is 6.45. The second-order valence-corrected chi connectivity index (χ2v) is 10.4. The summed E-state index contributed by atoms with van der Waals surface area (Å²) in [5.74, 6) is 0.793. The molecule has 0 atom stereocenters. The zero-order chi connectivity index (χ0) is 30.2. The third-order valence-electron chi connectivity index (χ3n) is 6.62. The van der Waals surface area contributed by atoms with Gasteiger partial charge in [0.15, 0.2) is 11.5 Å². The highest BCUT2D eigenvalue weighted by Gasteiger charge is 2.16. The summed E-state index contributed by atoms with van der Waals surface area (Å²) < 4.78 is 12.1. The van der Waals surface area contributed by atoms with Gasteiger partial charge in [0.2, 0.25) is 0 Å². The van der Waals surface area contributed by atoms with Crippen molar-refractivity contribution in [3.05, 3.63) is 136 Å².